The zero-order valence-electron chi connectivity index (χ0n) is 17.4. The fraction of sp³-hybridized carbons (Fsp3) is 0.154. The van der Waals surface area contributed by atoms with Gasteiger partial charge in [-0.1, -0.05) is 37.3 Å². The maximum Gasteiger partial charge on any atom is 0.295 e. The molecule has 1 unspecified atom stereocenters. The first kappa shape index (κ1) is 20.0. The van der Waals surface area contributed by atoms with Crippen LogP contribution in [-0.4, -0.2) is 12.5 Å². The van der Waals surface area contributed by atoms with Crippen LogP contribution in [0.5, 0.6) is 5.75 Å². The van der Waals surface area contributed by atoms with Crippen molar-refractivity contribution in [3.8, 4) is 5.75 Å². The van der Waals surface area contributed by atoms with Crippen LogP contribution in [0.3, 0.4) is 0 Å². The van der Waals surface area contributed by atoms with Crippen LogP contribution < -0.4 is 15.1 Å². The quantitative estimate of drug-likeness (QED) is 0.422. The molecule has 160 valence electrons. The SMILES string of the molecule is CCCOc1cccc(C2c3c(oc4ccc(F)cc4c3=O)C(=O)N2c2ccccc2)c1. The number of hydrogen-bond donors (Lipinski definition) is 0. The fourth-order valence-electron chi connectivity index (χ4n) is 4.11. The normalized spacial score (nSPS) is 15.2. The lowest BCUT2D eigenvalue weighted by atomic mass is 9.98. The summed E-state index contributed by atoms with van der Waals surface area (Å²) in [7, 11) is 0. The first-order valence-electron chi connectivity index (χ1n) is 10.5. The molecule has 1 aliphatic rings. The van der Waals surface area contributed by atoms with E-state index in [9.17, 15) is 14.0 Å². The van der Waals surface area contributed by atoms with Gasteiger partial charge in [-0.2, -0.15) is 0 Å². The van der Waals surface area contributed by atoms with E-state index in [2.05, 4.69) is 0 Å². The highest BCUT2D eigenvalue weighted by Gasteiger charge is 2.43. The van der Waals surface area contributed by atoms with Crippen molar-refractivity contribution in [2.24, 2.45) is 0 Å². The van der Waals surface area contributed by atoms with Crippen LogP contribution in [0.15, 0.2) is 82.0 Å². The highest BCUT2D eigenvalue weighted by Crippen LogP contribution is 2.41. The molecule has 0 saturated heterocycles. The Labute approximate surface area is 183 Å². The Morgan fingerprint density at radius 2 is 1.81 bits per heavy atom. The number of ether oxygens (including phenoxy) is 1. The number of hydrogen-bond acceptors (Lipinski definition) is 4. The molecule has 1 aromatic heterocycles. The van der Waals surface area contributed by atoms with E-state index in [1.165, 1.54) is 12.1 Å². The zero-order valence-corrected chi connectivity index (χ0v) is 17.4. The maximum absolute atomic E-state index is 13.9. The number of nitrogens with zero attached hydrogens (tertiary/aromatic N) is 1. The van der Waals surface area contributed by atoms with E-state index in [1.54, 1.807) is 17.0 Å². The Bertz CT molecular complexity index is 1380. The Balaban J connectivity index is 1.76. The third-order valence-electron chi connectivity index (χ3n) is 5.51. The summed E-state index contributed by atoms with van der Waals surface area (Å²) in [6.45, 7) is 2.57. The van der Waals surface area contributed by atoms with Gasteiger partial charge in [0.2, 0.25) is 5.76 Å². The lowest BCUT2D eigenvalue weighted by Crippen LogP contribution is -2.29. The molecule has 0 bridgehead atoms. The summed E-state index contributed by atoms with van der Waals surface area (Å²) >= 11 is 0. The number of benzene rings is 3. The van der Waals surface area contributed by atoms with Crippen molar-refractivity contribution >= 4 is 22.6 Å². The van der Waals surface area contributed by atoms with Crippen molar-refractivity contribution in [3.05, 3.63) is 106 Å². The highest BCUT2D eigenvalue weighted by molar-refractivity contribution is 6.10. The van der Waals surface area contributed by atoms with Crippen LogP contribution in [0.1, 0.15) is 41.1 Å². The lowest BCUT2D eigenvalue weighted by Gasteiger charge is -2.25. The average Bonchev–Trinajstić information content (AvgIpc) is 3.11. The third-order valence-corrected chi connectivity index (χ3v) is 5.51. The van der Waals surface area contributed by atoms with Crippen LogP contribution in [0, 0.1) is 5.82 Å². The zero-order chi connectivity index (χ0) is 22.2. The van der Waals surface area contributed by atoms with Gasteiger partial charge in [0.1, 0.15) is 17.1 Å². The van der Waals surface area contributed by atoms with Gasteiger partial charge in [0.15, 0.2) is 5.43 Å². The average molecular weight is 429 g/mol. The molecule has 1 amide bonds. The molecule has 5 rings (SSSR count). The monoisotopic (exact) mass is 429 g/mol. The molecule has 1 atom stereocenters. The summed E-state index contributed by atoms with van der Waals surface area (Å²) in [5.74, 6) is -0.336. The number of para-hydroxylation sites is 1. The van der Waals surface area contributed by atoms with Crippen molar-refractivity contribution in [1.29, 1.82) is 0 Å². The van der Waals surface area contributed by atoms with Gasteiger partial charge in [0.25, 0.3) is 5.91 Å². The predicted octanol–water partition coefficient (Wildman–Crippen LogP) is 5.47. The van der Waals surface area contributed by atoms with Gasteiger partial charge in [-0.05, 0) is 54.4 Å². The minimum atomic E-state index is -0.728. The number of carbonyl (C=O) groups excluding carboxylic acids is 1. The van der Waals surface area contributed by atoms with E-state index in [0.717, 1.165) is 12.5 Å². The van der Waals surface area contributed by atoms with E-state index in [0.29, 0.717) is 23.6 Å². The summed E-state index contributed by atoms with van der Waals surface area (Å²) in [6, 6.07) is 19.4. The lowest BCUT2D eigenvalue weighted by molar-refractivity contribution is 0.0971. The second-order valence-electron chi connectivity index (χ2n) is 7.65. The van der Waals surface area contributed by atoms with Gasteiger partial charge in [-0.15, -0.1) is 0 Å². The molecule has 1 aliphatic heterocycles. The van der Waals surface area contributed by atoms with Crippen molar-refractivity contribution in [1.82, 2.24) is 0 Å². The van der Waals surface area contributed by atoms with Crippen molar-refractivity contribution in [2.75, 3.05) is 11.5 Å². The van der Waals surface area contributed by atoms with Crippen LogP contribution in [-0.2, 0) is 0 Å². The minimum absolute atomic E-state index is 0.0251. The van der Waals surface area contributed by atoms with Crippen molar-refractivity contribution in [2.45, 2.75) is 19.4 Å². The van der Waals surface area contributed by atoms with E-state index < -0.39 is 23.2 Å². The van der Waals surface area contributed by atoms with E-state index in [-0.39, 0.29) is 22.3 Å². The Morgan fingerprint density at radius 3 is 2.59 bits per heavy atom. The Hall–Kier alpha value is -3.93. The number of amides is 1. The van der Waals surface area contributed by atoms with Crippen molar-refractivity contribution in [3.63, 3.8) is 0 Å². The molecule has 5 nitrogen and oxygen atoms in total. The molecule has 0 fully saturated rings. The molecule has 0 N–H and O–H groups in total. The van der Waals surface area contributed by atoms with Crippen LogP contribution >= 0.6 is 0 Å². The largest absolute Gasteiger partial charge is 0.494 e. The predicted molar refractivity (Wildman–Crippen MR) is 120 cm³/mol. The number of carbonyl (C=O) groups is 1. The summed E-state index contributed by atoms with van der Waals surface area (Å²) in [4.78, 5) is 28.5. The second kappa shape index (κ2) is 7.96. The second-order valence-corrected chi connectivity index (χ2v) is 7.65. The van der Waals surface area contributed by atoms with Crippen LogP contribution in [0.4, 0.5) is 10.1 Å². The molecule has 2 heterocycles. The molecule has 0 saturated carbocycles. The molecule has 4 aromatic rings. The van der Waals surface area contributed by atoms with Crippen molar-refractivity contribution < 1.29 is 18.3 Å². The van der Waals surface area contributed by atoms with E-state index in [1.807, 2.05) is 49.4 Å². The van der Waals surface area contributed by atoms with E-state index in [4.69, 9.17) is 9.15 Å². The summed E-state index contributed by atoms with van der Waals surface area (Å²) in [5, 5.41) is 0.106. The smallest absolute Gasteiger partial charge is 0.295 e. The molecule has 0 radical (unpaired) electrons. The van der Waals surface area contributed by atoms with E-state index >= 15 is 0 Å². The first-order chi connectivity index (χ1) is 15.6. The summed E-state index contributed by atoms with van der Waals surface area (Å²) in [5.41, 5.74) is 1.29. The maximum atomic E-state index is 13.9. The minimum Gasteiger partial charge on any atom is -0.494 e. The van der Waals surface area contributed by atoms with Crippen LogP contribution in [0.25, 0.3) is 11.0 Å². The molecular formula is C26H20FNO4. The molecule has 6 heteroatoms. The van der Waals surface area contributed by atoms with Gasteiger partial charge in [-0.3, -0.25) is 14.5 Å². The van der Waals surface area contributed by atoms with Crippen LogP contribution in [0.2, 0.25) is 0 Å². The Morgan fingerprint density at radius 1 is 1.00 bits per heavy atom. The molecule has 0 aliphatic carbocycles. The molecular weight excluding hydrogens is 409 g/mol. The number of fused-ring (bicyclic) bond motifs is 2. The summed E-state index contributed by atoms with van der Waals surface area (Å²) in [6.07, 6.45) is 0.853. The molecule has 0 spiro atoms. The molecule has 3 aromatic carbocycles. The van der Waals surface area contributed by atoms with Gasteiger partial charge >= 0.3 is 0 Å². The topological polar surface area (TPSA) is 59.8 Å². The van der Waals surface area contributed by atoms with Gasteiger partial charge in [-0.25, -0.2) is 4.39 Å². The summed E-state index contributed by atoms with van der Waals surface area (Å²) < 4.78 is 25.5. The van der Waals surface area contributed by atoms with Gasteiger partial charge in [0.05, 0.1) is 23.6 Å². The first-order valence-corrected chi connectivity index (χ1v) is 10.5. The number of anilines is 1. The fourth-order valence-corrected chi connectivity index (χ4v) is 4.11. The third kappa shape index (κ3) is 3.24. The number of halogens is 1. The van der Waals surface area contributed by atoms with Gasteiger partial charge in [0, 0.05) is 5.69 Å². The standard InChI is InChI=1S/C26H20FNO4/c1-2-13-31-19-10-6-7-16(14-19)23-22-24(29)20-15-17(27)11-12-21(20)32-25(22)26(30)28(23)18-8-4-3-5-9-18/h3-12,14-15,23H,2,13H2,1H3. The molecule has 32 heavy (non-hydrogen) atoms. The Kier molecular flexibility index (Phi) is 4.98. The number of rotatable bonds is 5. The van der Waals surface area contributed by atoms with Gasteiger partial charge < -0.3 is 9.15 Å². The highest BCUT2D eigenvalue weighted by atomic mass is 19.1.